The van der Waals surface area contributed by atoms with Crippen molar-refractivity contribution in [2.24, 2.45) is 11.3 Å². The van der Waals surface area contributed by atoms with E-state index in [1.54, 1.807) is 18.2 Å². The van der Waals surface area contributed by atoms with Crippen LogP contribution in [0.5, 0.6) is 0 Å². The Balaban J connectivity index is 0.00000523. The van der Waals surface area contributed by atoms with E-state index < -0.39 is 27.3 Å². The van der Waals surface area contributed by atoms with E-state index in [0.29, 0.717) is 29.8 Å². The van der Waals surface area contributed by atoms with Crippen LogP contribution in [0.4, 0.5) is 21.5 Å². The predicted molar refractivity (Wildman–Crippen MR) is 211 cm³/mol. The fourth-order valence-corrected chi connectivity index (χ4v) is 11.4. The zero-order valence-corrected chi connectivity index (χ0v) is 34.4. The third-order valence-electron chi connectivity index (χ3n) is 12.0. The summed E-state index contributed by atoms with van der Waals surface area (Å²) < 4.78 is 44.9. The Kier molecular flexibility index (Phi) is 13.2. The second kappa shape index (κ2) is 16.8. The number of hydrogen-bond donors (Lipinski definition) is 3. The van der Waals surface area contributed by atoms with Crippen LogP contribution >= 0.6 is 12.2 Å². The molecule has 4 aliphatic rings. The summed E-state index contributed by atoms with van der Waals surface area (Å²) in [6.07, 6.45) is 7.67. The number of benzene rings is 3. The van der Waals surface area contributed by atoms with E-state index in [9.17, 15) is 13.5 Å². The molecule has 3 N–H and O–H groups in total. The molecule has 7 rings (SSSR count). The van der Waals surface area contributed by atoms with Gasteiger partial charge >= 0.3 is 0 Å². The lowest BCUT2D eigenvalue weighted by molar-refractivity contribution is -0.955. The molecule has 0 aliphatic carbocycles. The maximum atomic E-state index is 15.4. The Bertz CT molecular complexity index is 1810. The normalized spacial score (nSPS) is 24.2. The van der Waals surface area contributed by atoms with E-state index in [1.807, 2.05) is 61.5 Å². The Labute approximate surface area is 326 Å². The number of quaternary nitrogens is 1. The average molecular weight is 816 g/mol. The van der Waals surface area contributed by atoms with Gasteiger partial charge < -0.3 is 42.1 Å². The summed E-state index contributed by atoms with van der Waals surface area (Å²) >= 11 is 5.67. The number of thiocarbonyl (C=S) groups is 1. The first kappa shape index (κ1) is 40.6. The number of fused-ring (bicyclic) bond motifs is 4. The molecule has 2 bridgehead atoms. The van der Waals surface area contributed by atoms with Crippen molar-refractivity contribution < 1.29 is 39.4 Å². The number of sulfone groups is 1. The van der Waals surface area contributed by atoms with Crippen LogP contribution < -0.4 is 32.5 Å². The Morgan fingerprint density at radius 2 is 1.63 bits per heavy atom. The van der Waals surface area contributed by atoms with Gasteiger partial charge in [-0.3, -0.25) is 0 Å². The van der Waals surface area contributed by atoms with Crippen LogP contribution in [0.3, 0.4) is 0 Å². The van der Waals surface area contributed by atoms with E-state index in [1.165, 1.54) is 38.9 Å². The fourth-order valence-electron chi connectivity index (χ4n) is 9.01. The van der Waals surface area contributed by atoms with Gasteiger partial charge in [-0.25, -0.2) is 12.8 Å². The van der Waals surface area contributed by atoms with Gasteiger partial charge in [0.15, 0.2) is 14.9 Å². The van der Waals surface area contributed by atoms with E-state index in [0.717, 1.165) is 59.4 Å². The fraction of sp³-hybridized carbons (Fsp3) is 0.537. The van der Waals surface area contributed by atoms with Gasteiger partial charge in [-0.2, -0.15) is 0 Å². The van der Waals surface area contributed by atoms with Gasteiger partial charge in [0.2, 0.25) is 0 Å². The van der Waals surface area contributed by atoms with Crippen LogP contribution in [0.15, 0.2) is 65.6 Å². The van der Waals surface area contributed by atoms with Crippen LogP contribution in [0.25, 0.3) is 0 Å². The second-order valence-corrected chi connectivity index (χ2v) is 18.2. The molecule has 0 saturated carbocycles. The number of nitrogens with zero attached hydrogens (tertiary/aromatic N) is 2. The van der Waals surface area contributed by atoms with Crippen molar-refractivity contribution in [1.29, 1.82) is 0 Å². The van der Waals surface area contributed by atoms with Gasteiger partial charge in [0.1, 0.15) is 12.4 Å². The first-order valence-corrected chi connectivity index (χ1v) is 21.0. The van der Waals surface area contributed by atoms with Gasteiger partial charge in [-0.15, -0.1) is 0 Å². The van der Waals surface area contributed by atoms with Gasteiger partial charge in [0.05, 0.1) is 42.1 Å². The highest BCUT2D eigenvalue weighted by molar-refractivity contribution is 7.91. The highest BCUT2D eigenvalue weighted by Gasteiger charge is 2.49. The molecule has 3 fully saturated rings. The molecule has 4 heterocycles. The van der Waals surface area contributed by atoms with Crippen LogP contribution in [-0.4, -0.2) is 68.7 Å². The lowest BCUT2D eigenvalue weighted by atomic mass is 9.68. The van der Waals surface area contributed by atoms with Crippen LogP contribution in [0.2, 0.25) is 0 Å². The minimum atomic E-state index is -3.71. The van der Waals surface area contributed by atoms with Gasteiger partial charge in [-0.05, 0) is 104 Å². The number of aliphatic hydroxyl groups excluding tert-OH is 1. The summed E-state index contributed by atoms with van der Waals surface area (Å²) in [7, 11) is 0.153. The largest absolute Gasteiger partial charge is 1.00 e. The quantitative estimate of drug-likeness (QED) is 0.165. The summed E-state index contributed by atoms with van der Waals surface area (Å²) in [4.78, 5) is 2.24. The zero-order valence-electron chi connectivity index (χ0n) is 31.1. The third-order valence-corrected chi connectivity index (χ3v) is 14.2. The number of nitrogens with one attached hydrogen (secondary N) is 2. The van der Waals surface area contributed by atoms with Crippen molar-refractivity contribution in [2.45, 2.75) is 95.1 Å². The van der Waals surface area contributed by atoms with Crippen molar-refractivity contribution in [3.8, 4) is 0 Å². The maximum absolute atomic E-state index is 15.4. The average Bonchev–Trinajstić information content (AvgIpc) is 3.18. The molecule has 11 heteroatoms. The van der Waals surface area contributed by atoms with Crippen LogP contribution in [0, 0.1) is 17.2 Å². The molecular formula is C41H56BrFN4O3S2. The minimum absolute atomic E-state index is 0. The van der Waals surface area contributed by atoms with Crippen molar-refractivity contribution in [2.75, 3.05) is 55.0 Å². The lowest BCUT2D eigenvalue weighted by Gasteiger charge is -2.49. The van der Waals surface area contributed by atoms with E-state index >= 15 is 4.39 Å². The van der Waals surface area contributed by atoms with Crippen molar-refractivity contribution in [3.63, 3.8) is 0 Å². The number of piperidine rings is 3. The zero-order chi connectivity index (χ0) is 36.4. The molecule has 0 spiro atoms. The summed E-state index contributed by atoms with van der Waals surface area (Å²) in [6, 6.07) is 18.6. The van der Waals surface area contributed by atoms with Gasteiger partial charge in [-0.1, -0.05) is 57.7 Å². The predicted octanol–water partition coefficient (Wildman–Crippen LogP) is 5.48. The van der Waals surface area contributed by atoms with E-state index in [4.69, 9.17) is 12.2 Å². The standard InChI is InChI=1S/C41H55FN4O3S2.BrH/c1-5-7-19-41(20-8-6-2)28-51(48,49)37-15-13-33(45(3)4)26-34(37)38(39(41)47)31-10-9-11-32(25-31)43-40(50)44-36-14-12-30(24-35(36)42)27-46-21-16-29(17-22-46)18-23-46;/h9-15,24-26,29,38-39,47H,5-8,16-23,27-28H2,1-4H3,(H-,43,44,50);1H. The van der Waals surface area contributed by atoms with Crippen molar-refractivity contribution >= 4 is 44.2 Å². The van der Waals surface area contributed by atoms with E-state index in [-0.39, 0.29) is 38.6 Å². The topological polar surface area (TPSA) is 81.7 Å². The molecule has 7 nitrogen and oxygen atoms in total. The smallest absolute Gasteiger partial charge is 0.179 e. The monoisotopic (exact) mass is 814 g/mol. The molecule has 3 aromatic carbocycles. The number of aliphatic hydroxyl groups is 1. The van der Waals surface area contributed by atoms with Crippen LogP contribution in [0.1, 0.15) is 94.2 Å². The first-order valence-electron chi connectivity index (χ1n) is 18.9. The van der Waals surface area contributed by atoms with Gasteiger partial charge in [0, 0.05) is 42.4 Å². The minimum Gasteiger partial charge on any atom is -1.00 e. The number of halogens is 2. The Hall–Kier alpha value is -2.57. The highest BCUT2D eigenvalue weighted by Crippen LogP contribution is 2.50. The number of hydrogen-bond acceptors (Lipinski definition) is 5. The maximum Gasteiger partial charge on any atom is 0.179 e. The molecular weight excluding hydrogens is 760 g/mol. The summed E-state index contributed by atoms with van der Waals surface area (Å²) in [6.45, 7) is 8.64. The molecule has 2 atom stereocenters. The summed E-state index contributed by atoms with van der Waals surface area (Å²) in [5, 5.41) is 19.1. The van der Waals surface area contributed by atoms with Crippen molar-refractivity contribution in [3.05, 3.63) is 83.2 Å². The lowest BCUT2D eigenvalue weighted by Crippen LogP contribution is -3.00. The molecule has 52 heavy (non-hydrogen) atoms. The molecule has 284 valence electrons. The number of anilines is 3. The summed E-state index contributed by atoms with van der Waals surface area (Å²) in [5.74, 6) is -0.117. The van der Waals surface area contributed by atoms with Crippen molar-refractivity contribution in [1.82, 2.24) is 0 Å². The number of rotatable bonds is 12. The molecule has 0 radical (unpaired) electrons. The summed E-state index contributed by atoms with van der Waals surface area (Å²) in [5.41, 5.74) is 3.48. The Morgan fingerprint density at radius 3 is 2.25 bits per heavy atom. The van der Waals surface area contributed by atoms with Gasteiger partial charge in [0.25, 0.3) is 0 Å². The first-order chi connectivity index (χ1) is 24.4. The molecule has 4 aliphatic heterocycles. The second-order valence-electron chi connectivity index (χ2n) is 15.8. The van der Waals surface area contributed by atoms with Crippen LogP contribution in [-0.2, 0) is 16.4 Å². The molecule has 0 aromatic heterocycles. The Morgan fingerprint density at radius 1 is 0.962 bits per heavy atom. The number of unbranched alkanes of at least 4 members (excludes halogenated alkanes) is 2. The molecule has 3 aromatic rings. The SMILES string of the molecule is CCCCC1(CCCC)CS(=O)(=O)c2ccc(N(C)C)cc2C(c2cccc(NC(=S)Nc3ccc(C[N+]45CCC(CC4)CC5)cc3F)c2)C1O.[Br-]. The molecule has 2 unspecified atom stereocenters. The molecule has 3 saturated heterocycles. The highest BCUT2D eigenvalue weighted by atomic mass is 79.9. The third kappa shape index (κ3) is 8.70. The molecule has 0 amide bonds. The van der Waals surface area contributed by atoms with E-state index in [2.05, 4.69) is 24.5 Å².